The highest BCUT2D eigenvalue weighted by molar-refractivity contribution is 5.94. The molecule has 1 atom stereocenters. The number of hydrogen-bond acceptors (Lipinski definition) is 4. The van der Waals surface area contributed by atoms with Gasteiger partial charge in [0.15, 0.2) is 0 Å². The second kappa shape index (κ2) is 8.28. The van der Waals surface area contributed by atoms with Crippen LogP contribution >= 0.6 is 0 Å². The molecule has 0 aliphatic carbocycles. The van der Waals surface area contributed by atoms with E-state index in [0.29, 0.717) is 23.8 Å². The zero-order valence-electron chi connectivity index (χ0n) is 17.7. The largest absolute Gasteiger partial charge is 0.506 e. The highest BCUT2D eigenvalue weighted by atomic mass is 16.3. The van der Waals surface area contributed by atoms with Crippen LogP contribution in [0, 0.1) is 6.92 Å². The molecule has 1 amide bonds. The van der Waals surface area contributed by atoms with Crippen molar-refractivity contribution in [2.24, 2.45) is 0 Å². The maximum Gasteiger partial charge on any atom is 0.253 e. The smallest absolute Gasteiger partial charge is 0.253 e. The number of fused-ring (bicyclic) bond motifs is 1. The van der Waals surface area contributed by atoms with E-state index in [1.807, 2.05) is 36.2 Å². The van der Waals surface area contributed by atoms with Gasteiger partial charge in [-0.2, -0.15) is 0 Å². The molecule has 1 aliphatic rings. The number of hydrogen-bond donors (Lipinski definition) is 1. The number of pyridine rings is 1. The molecule has 0 spiro atoms. The van der Waals surface area contributed by atoms with Crippen molar-refractivity contribution in [1.82, 2.24) is 14.8 Å². The summed E-state index contributed by atoms with van der Waals surface area (Å²) in [5.74, 6) is 0.200. The van der Waals surface area contributed by atoms with Gasteiger partial charge in [0.05, 0.1) is 11.4 Å². The second-order valence-corrected chi connectivity index (χ2v) is 8.11. The van der Waals surface area contributed by atoms with Crippen LogP contribution in [0.1, 0.15) is 27.2 Å². The Morgan fingerprint density at radius 2 is 1.80 bits per heavy atom. The lowest BCUT2D eigenvalue weighted by atomic mass is 9.94. The van der Waals surface area contributed by atoms with Crippen molar-refractivity contribution in [3.63, 3.8) is 0 Å². The van der Waals surface area contributed by atoms with E-state index < -0.39 is 0 Å². The minimum Gasteiger partial charge on any atom is -0.506 e. The monoisotopic (exact) mass is 401 g/mol. The van der Waals surface area contributed by atoms with Crippen molar-refractivity contribution in [2.75, 3.05) is 20.6 Å². The lowest BCUT2D eigenvalue weighted by Gasteiger charge is -2.36. The Morgan fingerprint density at radius 1 is 1.10 bits per heavy atom. The maximum atomic E-state index is 13.0. The molecule has 5 nitrogen and oxygen atoms in total. The number of amides is 1. The van der Waals surface area contributed by atoms with Crippen molar-refractivity contribution in [2.45, 2.75) is 25.9 Å². The first-order valence-corrected chi connectivity index (χ1v) is 10.2. The number of benzene rings is 2. The number of likely N-dealkylation sites (N-methyl/N-ethyl adjacent to an activating group) is 2. The van der Waals surface area contributed by atoms with Crippen molar-refractivity contribution in [3.8, 4) is 17.0 Å². The third-order valence-electron chi connectivity index (χ3n) is 5.93. The molecule has 0 saturated carbocycles. The lowest BCUT2D eigenvalue weighted by molar-refractivity contribution is 0.0733. The molecule has 1 N–H and O–H groups in total. The number of rotatable bonds is 4. The standard InChI is InChI=1S/C25H27N3O2/c1-17-24(29)13-12-23(26-17)18-8-10-19(11-9-18)25(30)28(3)16-22-14-20-6-4-5-7-21(20)15-27(22)2/h4-13,22,29H,14-16H2,1-3H3. The van der Waals surface area contributed by atoms with Crippen molar-refractivity contribution in [1.29, 1.82) is 0 Å². The molecular weight excluding hydrogens is 374 g/mol. The van der Waals surface area contributed by atoms with Crippen molar-refractivity contribution in [3.05, 3.63) is 83.0 Å². The summed E-state index contributed by atoms with van der Waals surface area (Å²) in [7, 11) is 4.00. The van der Waals surface area contributed by atoms with Crippen LogP contribution in [0.4, 0.5) is 0 Å². The summed E-state index contributed by atoms with van der Waals surface area (Å²) in [4.78, 5) is 21.5. The van der Waals surface area contributed by atoms with Gasteiger partial charge >= 0.3 is 0 Å². The van der Waals surface area contributed by atoms with E-state index in [-0.39, 0.29) is 11.7 Å². The number of aromatic nitrogens is 1. The molecule has 1 aliphatic heterocycles. The summed E-state index contributed by atoms with van der Waals surface area (Å²) in [5, 5.41) is 9.66. The average molecular weight is 402 g/mol. The zero-order chi connectivity index (χ0) is 21.3. The third kappa shape index (κ3) is 4.07. The van der Waals surface area contributed by atoms with Gasteiger partial charge in [-0.25, -0.2) is 4.98 Å². The minimum atomic E-state index is 0.0173. The van der Waals surface area contributed by atoms with Gasteiger partial charge < -0.3 is 10.0 Å². The van der Waals surface area contributed by atoms with Gasteiger partial charge in [-0.05, 0) is 55.8 Å². The summed E-state index contributed by atoms with van der Waals surface area (Å²) in [6.45, 7) is 3.37. The SMILES string of the molecule is Cc1nc(-c2ccc(C(=O)N(C)CC3Cc4ccccc4CN3C)cc2)ccc1O. The topological polar surface area (TPSA) is 56.7 Å². The van der Waals surface area contributed by atoms with Gasteiger partial charge in [0, 0.05) is 37.3 Å². The lowest BCUT2D eigenvalue weighted by Crippen LogP contribution is -2.46. The van der Waals surface area contributed by atoms with Gasteiger partial charge in [-0.15, -0.1) is 0 Å². The fraction of sp³-hybridized carbons (Fsp3) is 0.280. The number of carbonyl (C=O) groups excluding carboxylic acids is 1. The Balaban J connectivity index is 1.44. The molecule has 0 saturated heterocycles. The van der Waals surface area contributed by atoms with Gasteiger partial charge in [0.2, 0.25) is 0 Å². The average Bonchev–Trinajstić information content (AvgIpc) is 2.75. The number of aryl methyl sites for hydroxylation is 1. The number of aromatic hydroxyl groups is 1. The van der Waals surface area contributed by atoms with Crippen LogP contribution in [-0.2, 0) is 13.0 Å². The van der Waals surface area contributed by atoms with Gasteiger partial charge in [-0.3, -0.25) is 9.69 Å². The number of carbonyl (C=O) groups is 1. The van der Waals surface area contributed by atoms with E-state index in [0.717, 1.165) is 24.2 Å². The molecule has 154 valence electrons. The molecule has 1 aromatic heterocycles. The fourth-order valence-corrected chi connectivity index (χ4v) is 4.04. The minimum absolute atomic E-state index is 0.0173. The van der Waals surface area contributed by atoms with E-state index in [4.69, 9.17) is 0 Å². The molecule has 0 bridgehead atoms. The van der Waals surface area contributed by atoms with E-state index in [2.05, 4.69) is 41.2 Å². The highest BCUT2D eigenvalue weighted by Gasteiger charge is 2.25. The van der Waals surface area contributed by atoms with Crippen LogP contribution in [0.25, 0.3) is 11.3 Å². The van der Waals surface area contributed by atoms with Crippen molar-refractivity contribution < 1.29 is 9.90 Å². The fourth-order valence-electron chi connectivity index (χ4n) is 4.04. The molecule has 30 heavy (non-hydrogen) atoms. The van der Waals surface area contributed by atoms with E-state index in [1.54, 1.807) is 19.1 Å². The first-order chi connectivity index (χ1) is 14.4. The molecule has 2 aromatic carbocycles. The Morgan fingerprint density at radius 3 is 2.50 bits per heavy atom. The highest BCUT2D eigenvalue weighted by Crippen LogP contribution is 2.24. The molecule has 5 heteroatoms. The molecule has 4 rings (SSSR count). The predicted molar refractivity (Wildman–Crippen MR) is 118 cm³/mol. The number of nitrogens with zero attached hydrogens (tertiary/aromatic N) is 3. The summed E-state index contributed by atoms with van der Waals surface area (Å²) < 4.78 is 0. The Kier molecular flexibility index (Phi) is 5.55. The molecule has 0 radical (unpaired) electrons. The second-order valence-electron chi connectivity index (χ2n) is 8.11. The van der Waals surface area contributed by atoms with Crippen LogP contribution in [-0.4, -0.2) is 52.5 Å². The normalized spacial score (nSPS) is 16.2. The molecule has 3 aromatic rings. The summed E-state index contributed by atoms with van der Waals surface area (Å²) >= 11 is 0. The third-order valence-corrected chi connectivity index (χ3v) is 5.93. The maximum absolute atomic E-state index is 13.0. The molecule has 0 fully saturated rings. The Labute approximate surface area is 177 Å². The van der Waals surface area contributed by atoms with Crippen LogP contribution in [0.15, 0.2) is 60.7 Å². The zero-order valence-corrected chi connectivity index (χ0v) is 17.7. The van der Waals surface area contributed by atoms with Crippen LogP contribution in [0.5, 0.6) is 5.75 Å². The molecular formula is C25H27N3O2. The first-order valence-electron chi connectivity index (χ1n) is 10.2. The van der Waals surface area contributed by atoms with Crippen molar-refractivity contribution >= 4 is 5.91 Å². The van der Waals surface area contributed by atoms with Gasteiger partial charge in [-0.1, -0.05) is 36.4 Å². The molecule has 1 unspecified atom stereocenters. The Bertz CT molecular complexity index is 1060. The van der Waals surface area contributed by atoms with Gasteiger partial charge in [0.1, 0.15) is 5.75 Å². The van der Waals surface area contributed by atoms with E-state index in [9.17, 15) is 9.90 Å². The van der Waals surface area contributed by atoms with E-state index in [1.165, 1.54) is 11.1 Å². The summed E-state index contributed by atoms with van der Waals surface area (Å²) in [6.07, 6.45) is 0.953. The van der Waals surface area contributed by atoms with Crippen LogP contribution in [0.2, 0.25) is 0 Å². The van der Waals surface area contributed by atoms with Crippen LogP contribution < -0.4 is 0 Å². The quantitative estimate of drug-likeness (QED) is 0.721. The van der Waals surface area contributed by atoms with E-state index >= 15 is 0 Å². The van der Waals surface area contributed by atoms with Crippen LogP contribution in [0.3, 0.4) is 0 Å². The Hall–Kier alpha value is -3.18. The summed E-state index contributed by atoms with van der Waals surface area (Å²) in [5.41, 5.74) is 5.70. The van der Waals surface area contributed by atoms with Gasteiger partial charge in [0.25, 0.3) is 5.91 Å². The predicted octanol–water partition coefficient (Wildman–Crippen LogP) is 3.89. The molecule has 2 heterocycles. The summed E-state index contributed by atoms with van der Waals surface area (Å²) in [6, 6.07) is 19.8. The first kappa shape index (κ1) is 20.1.